The van der Waals surface area contributed by atoms with Gasteiger partial charge < -0.3 is 43.2 Å². The number of rotatable bonds is 11. The van der Waals surface area contributed by atoms with Crippen molar-refractivity contribution in [1.29, 1.82) is 0 Å². The number of nitrogens with one attached hydrogen (secondary N) is 4. The number of hydrogen-bond donors (Lipinski definition) is 5. The summed E-state index contributed by atoms with van der Waals surface area (Å²) in [7, 11) is 5.47. The number of aliphatic hydroxyl groups excluding tert-OH is 1. The predicted molar refractivity (Wildman–Crippen MR) is 326 cm³/mol. The molecule has 4 aromatic carbocycles. The minimum Gasteiger partial charge on any atom is -1.00 e. The number of aryl methyl sites for hydroxylation is 2. The number of anilines is 2. The van der Waals surface area contributed by atoms with Gasteiger partial charge in [0.25, 0.3) is 0 Å². The third kappa shape index (κ3) is 31.8. The zero-order valence-corrected chi connectivity index (χ0v) is 54.1. The van der Waals surface area contributed by atoms with E-state index in [2.05, 4.69) is 145 Å². The number of likely N-dealkylation sites (tertiary alicyclic amines) is 1. The van der Waals surface area contributed by atoms with Crippen molar-refractivity contribution in [2.75, 3.05) is 71.9 Å². The summed E-state index contributed by atoms with van der Waals surface area (Å²) in [6.07, 6.45) is 7.54. The van der Waals surface area contributed by atoms with Gasteiger partial charge in [0.05, 0.1) is 40.3 Å². The van der Waals surface area contributed by atoms with E-state index in [1.165, 1.54) is 56.3 Å². The first-order valence-corrected chi connectivity index (χ1v) is 27.5. The second-order valence-electron chi connectivity index (χ2n) is 18.6. The largest absolute Gasteiger partial charge is 1.00 e. The van der Waals surface area contributed by atoms with Crippen molar-refractivity contribution in [3.63, 3.8) is 0 Å². The van der Waals surface area contributed by atoms with Crippen molar-refractivity contribution in [3.05, 3.63) is 203 Å². The van der Waals surface area contributed by atoms with E-state index in [0.717, 1.165) is 86.5 Å². The Morgan fingerprint density at radius 2 is 1.12 bits per heavy atom. The number of amides is 4. The molecule has 0 bridgehead atoms. The molecule has 6 aromatic rings. The summed E-state index contributed by atoms with van der Waals surface area (Å²) in [6.45, 7) is 16.3. The van der Waals surface area contributed by atoms with E-state index in [1.54, 1.807) is 19.3 Å². The van der Waals surface area contributed by atoms with Crippen LogP contribution in [0.25, 0.3) is 0 Å². The number of carbonyl (C=O) groups excluding carboxylic acids is 4. The summed E-state index contributed by atoms with van der Waals surface area (Å²) in [5, 5.41) is 19.5. The fraction of sp³-hybridized carbons (Fsp3) is 0.355. The Bertz CT molecular complexity index is 2770. The van der Waals surface area contributed by atoms with E-state index in [1.807, 2.05) is 104 Å². The van der Waals surface area contributed by atoms with Gasteiger partial charge in [0.15, 0.2) is 18.9 Å². The molecule has 2 aromatic heterocycles. The predicted octanol–water partition coefficient (Wildman–Crippen LogP) is 5.17. The number of benzene rings is 4. The molecule has 2 aliphatic rings. The van der Waals surface area contributed by atoms with Crippen molar-refractivity contribution < 1.29 is 91.2 Å². The van der Waals surface area contributed by atoms with Crippen molar-refractivity contribution in [2.45, 2.75) is 78.5 Å². The molecular formula is C62H83BBrClN8NaO9. The molecule has 443 valence electrons. The molecular weight excluding hydrogens is 1150 g/mol. The van der Waals surface area contributed by atoms with Gasteiger partial charge in [-0.05, 0) is 86.9 Å². The zero-order chi connectivity index (χ0) is 58.5. The Morgan fingerprint density at radius 1 is 0.663 bits per heavy atom. The fourth-order valence-corrected chi connectivity index (χ4v) is 8.22. The van der Waals surface area contributed by atoms with Crippen LogP contribution in [0, 0.1) is 19.8 Å². The Labute approximate surface area is 532 Å². The third-order valence-electron chi connectivity index (χ3n) is 12.5. The number of aliphatic hydroxyl groups is 1. The molecule has 3 radical (unpaired) electrons. The van der Waals surface area contributed by atoms with Crippen LogP contribution in [0.1, 0.15) is 68.4 Å². The fourth-order valence-electron chi connectivity index (χ4n) is 7.85. The molecule has 4 heterocycles. The zero-order valence-electron chi connectivity index (χ0n) is 50.8. The van der Waals surface area contributed by atoms with Crippen molar-refractivity contribution >= 4 is 60.1 Å². The van der Waals surface area contributed by atoms with Crippen molar-refractivity contribution in [2.24, 2.45) is 5.92 Å². The number of piperidine rings is 1. The van der Waals surface area contributed by atoms with Crippen LogP contribution in [0.2, 0.25) is 0 Å². The second-order valence-corrected chi connectivity index (χ2v) is 19.2. The summed E-state index contributed by atoms with van der Waals surface area (Å²) < 4.78 is 20.4. The van der Waals surface area contributed by atoms with E-state index in [0.29, 0.717) is 11.6 Å². The van der Waals surface area contributed by atoms with Crippen LogP contribution in [0.4, 0.5) is 30.6 Å². The first-order valence-electron chi connectivity index (χ1n) is 26.4. The maximum Gasteiger partial charge on any atom is 1.00 e. The Balaban J connectivity index is 0. The monoisotopic (exact) mass is 1230 g/mol. The number of methoxy groups -OCH3 is 4. The van der Waals surface area contributed by atoms with Gasteiger partial charge in [-0.2, -0.15) is 4.57 Å². The van der Waals surface area contributed by atoms with Crippen LogP contribution in [0.15, 0.2) is 170 Å². The van der Waals surface area contributed by atoms with Crippen LogP contribution in [0.5, 0.6) is 0 Å². The van der Waals surface area contributed by atoms with Gasteiger partial charge in [-0.3, -0.25) is 30.7 Å². The van der Waals surface area contributed by atoms with Gasteiger partial charge in [0.1, 0.15) is 5.69 Å². The second kappa shape index (κ2) is 45.2. The summed E-state index contributed by atoms with van der Waals surface area (Å²) in [6, 6.07) is 45.2. The Morgan fingerprint density at radius 3 is 1.60 bits per heavy atom. The molecule has 1 fully saturated rings. The van der Waals surface area contributed by atoms with Crippen molar-refractivity contribution in [3.8, 4) is 0 Å². The molecule has 0 unspecified atom stereocenters. The maximum absolute atomic E-state index is 11.3. The third-order valence-corrected chi connectivity index (χ3v) is 13.1. The molecule has 5 N–H and O–H groups in total. The van der Waals surface area contributed by atoms with Crippen LogP contribution >= 0.6 is 15.9 Å². The van der Waals surface area contributed by atoms with Crippen LogP contribution in [-0.2, 0) is 43.9 Å². The van der Waals surface area contributed by atoms with E-state index in [4.69, 9.17) is 5.11 Å². The summed E-state index contributed by atoms with van der Waals surface area (Å²) in [5.74, 6) is 0.492. The van der Waals surface area contributed by atoms with Gasteiger partial charge >= 0.3 is 53.9 Å². The number of alkyl carbamates (subject to hydrolysis) is 2. The summed E-state index contributed by atoms with van der Waals surface area (Å²) in [5.41, 5.74) is 10.7. The number of ether oxygens (including phenoxy) is 4. The Kier molecular flexibility index (Phi) is 41.8. The van der Waals surface area contributed by atoms with Crippen LogP contribution in [0.3, 0.4) is 0 Å². The average Bonchev–Trinajstić information content (AvgIpc) is 3.60. The number of hydrogen-bond acceptors (Lipinski definition) is 12. The molecule has 17 nitrogen and oxygen atoms in total. The van der Waals surface area contributed by atoms with Gasteiger partial charge in [0.2, 0.25) is 0 Å². The molecule has 2 atom stereocenters. The van der Waals surface area contributed by atoms with Crippen molar-refractivity contribution in [1.82, 2.24) is 25.4 Å². The van der Waals surface area contributed by atoms with E-state index >= 15 is 0 Å². The van der Waals surface area contributed by atoms with E-state index in [-0.39, 0.29) is 70.5 Å². The quantitative estimate of drug-likeness (QED) is 0.0495. The van der Waals surface area contributed by atoms with Crippen LogP contribution in [-0.4, -0.2) is 120 Å². The minimum atomic E-state index is -0.480. The number of nitrogens with zero attached hydrogens (tertiary/aromatic N) is 4. The molecule has 0 spiro atoms. The smallest absolute Gasteiger partial charge is 1.00 e. The van der Waals surface area contributed by atoms with Gasteiger partial charge in [0, 0.05) is 82.6 Å². The summed E-state index contributed by atoms with van der Waals surface area (Å²) in [4.78, 5) is 53.3. The molecule has 21 heteroatoms. The number of aromatic nitrogens is 2. The molecule has 2 aliphatic heterocycles. The van der Waals surface area contributed by atoms with Gasteiger partial charge in [-0.25, -0.2) is 19.2 Å². The molecule has 0 aliphatic carbocycles. The van der Waals surface area contributed by atoms with Gasteiger partial charge in [-0.1, -0.05) is 150 Å². The Hall–Kier alpha value is -6.29. The van der Waals surface area contributed by atoms with E-state index in [9.17, 15) is 19.2 Å². The first kappa shape index (κ1) is 76.7. The molecule has 8 rings (SSSR count). The molecule has 1 saturated heterocycles. The number of halogens is 2. The summed E-state index contributed by atoms with van der Waals surface area (Å²) >= 11 is 3.36. The minimum absolute atomic E-state index is 0. The molecule has 83 heavy (non-hydrogen) atoms. The first-order chi connectivity index (χ1) is 38.6. The van der Waals surface area contributed by atoms with Gasteiger partial charge in [-0.15, -0.1) is 0 Å². The molecule has 0 saturated carbocycles. The van der Waals surface area contributed by atoms with Crippen LogP contribution < -0.4 is 67.8 Å². The number of alkyl halides is 1. The van der Waals surface area contributed by atoms with E-state index < -0.39 is 18.3 Å². The topological polar surface area (TPSA) is 197 Å². The number of carbonyl (C=O) groups is 4. The average molecular weight is 1230 g/mol. The standard InChI is InChI=1S/C15H22N2O2.C15H20N2O2.C15H16N2O2.C8H10N2O2.C7H7Br.C2H6O.B.ClH.Na.H/c3*1-12-8-9-17(10-13-6-4-3-5-7-13)11-14(12)16-15(18)19-2;1-6-3-4-9-5-7(6)10-8(11)12-2;8-6-7-4-2-1-3-5-7;1-2-3;;;;/h3-7,12,14H,8-11H2,1-2H3,(H,16,18);3-7H,8-11H2,1-2H3,(H,16,18);3-9,11H,10H2,1-2H3;3-5H,1-2H3,(H,10,11);1-5H,6H2;3H,2H2,1H3;;1H;;/q;;;;;;;;+1;-1/t12-,14+;;;;;;;;;/m1........./s1. The molecule has 4 amide bonds. The maximum atomic E-state index is 11.3. The SMILES string of the molecule is BrCc1ccccc1.CCO.COC(=O)NC1=C(C)CCN(Cc2ccccc2)C1.COC(=O)N[C@H]1CN(Cc2ccccc2)CC[C@H]1C.COC(=O)Nc1c[n+](Cc2ccccc2)ccc1C.COC(=O)Nc1cnccc1C.[B].[Cl-].[H-].[Na+]. The normalized spacial score (nSPS) is 13.9. The number of pyridine rings is 2.